The number of hydrogen-bond acceptors (Lipinski definition) is 3. The monoisotopic (exact) mass is 305 g/mol. The van der Waals surface area contributed by atoms with E-state index in [-0.39, 0.29) is 12.1 Å². The highest BCUT2D eigenvalue weighted by Gasteiger charge is 2.38. The van der Waals surface area contributed by atoms with Crippen LogP contribution in [0.1, 0.15) is 58.3 Å². The molecule has 1 unspecified atom stereocenters. The molecule has 0 aromatic heterocycles. The summed E-state index contributed by atoms with van der Waals surface area (Å²) < 4.78 is 5.53. The highest BCUT2D eigenvalue weighted by molar-refractivity contribution is 5.69. The molecule has 1 aromatic carbocycles. The maximum absolute atomic E-state index is 12.6. The van der Waals surface area contributed by atoms with Gasteiger partial charge in [0.25, 0.3) is 0 Å². The van der Waals surface area contributed by atoms with Crippen LogP contribution in [0.4, 0.5) is 4.79 Å². The molecule has 0 radical (unpaired) electrons. The van der Waals surface area contributed by atoms with Crippen LogP contribution in [0.5, 0.6) is 0 Å². The van der Waals surface area contributed by atoms with Gasteiger partial charge < -0.3 is 9.84 Å². The van der Waals surface area contributed by atoms with Crippen LogP contribution in [-0.2, 0) is 11.3 Å². The van der Waals surface area contributed by atoms with Crippen LogP contribution in [0.2, 0.25) is 0 Å². The summed E-state index contributed by atoms with van der Waals surface area (Å²) in [6.45, 7) is 10.3. The van der Waals surface area contributed by atoms with Crippen LogP contribution < -0.4 is 0 Å². The predicted octanol–water partition coefficient (Wildman–Crippen LogP) is 3.89. The first-order chi connectivity index (χ1) is 10.2. The summed E-state index contributed by atoms with van der Waals surface area (Å²) in [5.74, 6) is 0.384. The maximum Gasteiger partial charge on any atom is 0.410 e. The molecule has 1 aromatic rings. The Morgan fingerprint density at radius 2 is 2.00 bits per heavy atom. The number of aliphatic hydroxyl groups excluding tert-OH is 1. The van der Waals surface area contributed by atoms with Gasteiger partial charge in [-0.05, 0) is 44.2 Å². The molecule has 4 nitrogen and oxygen atoms in total. The summed E-state index contributed by atoms with van der Waals surface area (Å²) in [4.78, 5) is 14.2. The standard InChI is InChI=1S/C18H27NO3/c1-12(2)10-15-16(20)14-9-7-6-8-13(14)11-19(15)17(21)22-18(3,4)5/h6-9,12,15-16,20H,10-11H2,1-5H3/t15-,16?/m0/s1. The van der Waals surface area contributed by atoms with E-state index in [1.807, 2.05) is 45.0 Å². The lowest BCUT2D eigenvalue weighted by Crippen LogP contribution is -2.49. The lowest BCUT2D eigenvalue weighted by molar-refractivity contribution is -0.0208. The summed E-state index contributed by atoms with van der Waals surface area (Å²) in [7, 11) is 0. The van der Waals surface area contributed by atoms with Gasteiger partial charge in [-0.25, -0.2) is 4.79 Å². The van der Waals surface area contributed by atoms with Crippen LogP contribution in [0.3, 0.4) is 0 Å². The molecule has 0 bridgehead atoms. The van der Waals surface area contributed by atoms with Crippen molar-refractivity contribution in [2.75, 3.05) is 0 Å². The summed E-state index contributed by atoms with van der Waals surface area (Å²) in [5.41, 5.74) is 1.37. The normalized spacial score (nSPS) is 21.7. The third kappa shape index (κ3) is 3.80. The lowest BCUT2D eigenvalue weighted by atomic mass is 9.87. The van der Waals surface area contributed by atoms with Crippen LogP contribution in [-0.4, -0.2) is 27.7 Å². The van der Waals surface area contributed by atoms with Gasteiger partial charge in [0.2, 0.25) is 0 Å². The van der Waals surface area contributed by atoms with E-state index in [2.05, 4.69) is 13.8 Å². The van der Waals surface area contributed by atoms with Crippen molar-refractivity contribution in [2.24, 2.45) is 5.92 Å². The molecule has 2 rings (SSSR count). The van der Waals surface area contributed by atoms with Crippen molar-refractivity contribution in [2.45, 2.75) is 65.3 Å². The Bertz CT molecular complexity index is 533. The average Bonchev–Trinajstić information content (AvgIpc) is 2.39. The number of benzene rings is 1. The summed E-state index contributed by atoms with van der Waals surface area (Å²) >= 11 is 0. The number of ether oxygens (including phenoxy) is 1. The lowest BCUT2D eigenvalue weighted by Gasteiger charge is -2.41. The van der Waals surface area contributed by atoms with Gasteiger partial charge in [0.15, 0.2) is 0 Å². The predicted molar refractivity (Wildman–Crippen MR) is 86.4 cm³/mol. The van der Waals surface area contributed by atoms with Crippen LogP contribution >= 0.6 is 0 Å². The molecule has 1 heterocycles. The van der Waals surface area contributed by atoms with E-state index in [1.165, 1.54) is 0 Å². The minimum Gasteiger partial charge on any atom is -0.444 e. The van der Waals surface area contributed by atoms with Crippen molar-refractivity contribution < 1.29 is 14.6 Å². The van der Waals surface area contributed by atoms with E-state index in [1.54, 1.807) is 4.90 Å². The van der Waals surface area contributed by atoms with Gasteiger partial charge in [-0.1, -0.05) is 38.1 Å². The van der Waals surface area contributed by atoms with E-state index in [0.29, 0.717) is 12.5 Å². The Morgan fingerprint density at radius 3 is 2.59 bits per heavy atom. The molecule has 4 heteroatoms. The van der Waals surface area contributed by atoms with E-state index in [4.69, 9.17) is 4.74 Å². The number of hydrogen-bond donors (Lipinski definition) is 1. The topological polar surface area (TPSA) is 49.8 Å². The van der Waals surface area contributed by atoms with Crippen molar-refractivity contribution in [1.82, 2.24) is 4.90 Å². The molecule has 0 saturated heterocycles. The van der Waals surface area contributed by atoms with Gasteiger partial charge >= 0.3 is 6.09 Å². The molecule has 1 aliphatic heterocycles. The van der Waals surface area contributed by atoms with Gasteiger partial charge in [-0.15, -0.1) is 0 Å². The highest BCUT2D eigenvalue weighted by atomic mass is 16.6. The van der Waals surface area contributed by atoms with E-state index in [0.717, 1.165) is 17.5 Å². The minimum absolute atomic E-state index is 0.246. The van der Waals surface area contributed by atoms with E-state index in [9.17, 15) is 9.90 Å². The van der Waals surface area contributed by atoms with Gasteiger partial charge in [-0.2, -0.15) is 0 Å². The SMILES string of the molecule is CC(C)C[C@H]1C(O)c2ccccc2CN1C(=O)OC(C)(C)C. The first-order valence-electron chi connectivity index (χ1n) is 7.94. The Morgan fingerprint density at radius 1 is 1.36 bits per heavy atom. The Labute approximate surface area is 133 Å². The van der Waals surface area contributed by atoms with Crippen LogP contribution in [0.25, 0.3) is 0 Å². The molecule has 1 N–H and O–H groups in total. The molecule has 22 heavy (non-hydrogen) atoms. The van der Waals surface area contributed by atoms with Gasteiger partial charge in [0.1, 0.15) is 5.60 Å². The molecular weight excluding hydrogens is 278 g/mol. The number of rotatable bonds is 2. The molecule has 0 aliphatic carbocycles. The first kappa shape index (κ1) is 16.8. The van der Waals surface area contributed by atoms with Gasteiger partial charge in [-0.3, -0.25) is 4.90 Å². The molecule has 2 atom stereocenters. The fourth-order valence-electron chi connectivity index (χ4n) is 2.90. The molecule has 0 saturated carbocycles. The molecule has 0 spiro atoms. The third-order valence-electron chi connectivity index (χ3n) is 3.82. The van der Waals surface area contributed by atoms with E-state index < -0.39 is 11.7 Å². The smallest absolute Gasteiger partial charge is 0.410 e. The number of fused-ring (bicyclic) bond motifs is 1. The number of carbonyl (C=O) groups excluding carboxylic acids is 1. The van der Waals surface area contributed by atoms with Crippen molar-refractivity contribution in [3.05, 3.63) is 35.4 Å². The second-order valence-electron chi connectivity index (χ2n) is 7.45. The van der Waals surface area contributed by atoms with Crippen molar-refractivity contribution in [3.8, 4) is 0 Å². The number of amides is 1. The first-order valence-corrected chi connectivity index (χ1v) is 7.94. The largest absolute Gasteiger partial charge is 0.444 e. The van der Waals surface area contributed by atoms with Crippen LogP contribution in [0, 0.1) is 5.92 Å². The highest BCUT2D eigenvalue weighted by Crippen LogP contribution is 2.35. The zero-order chi connectivity index (χ0) is 16.5. The van der Waals surface area contributed by atoms with Gasteiger partial charge in [0.05, 0.1) is 12.1 Å². The number of aliphatic hydroxyl groups is 1. The van der Waals surface area contributed by atoms with Crippen molar-refractivity contribution >= 4 is 6.09 Å². The molecule has 0 fully saturated rings. The molecule has 122 valence electrons. The molecule has 1 amide bonds. The zero-order valence-electron chi connectivity index (χ0n) is 14.2. The fourth-order valence-corrected chi connectivity index (χ4v) is 2.90. The summed E-state index contributed by atoms with van der Waals surface area (Å²) in [6, 6.07) is 7.52. The molecule has 1 aliphatic rings. The summed E-state index contributed by atoms with van der Waals surface area (Å²) in [6.07, 6.45) is -0.277. The third-order valence-corrected chi connectivity index (χ3v) is 3.82. The average molecular weight is 305 g/mol. The number of nitrogens with zero attached hydrogens (tertiary/aromatic N) is 1. The van der Waals surface area contributed by atoms with Crippen LogP contribution in [0.15, 0.2) is 24.3 Å². The van der Waals surface area contributed by atoms with E-state index >= 15 is 0 Å². The Balaban J connectivity index is 2.31. The summed E-state index contributed by atoms with van der Waals surface area (Å²) in [5, 5.41) is 10.7. The quantitative estimate of drug-likeness (QED) is 0.902. The number of carbonyl (C=O) groups is 1. The molecular formula is C18H27NO3. The second kappa shape index (κ2) is 6.29. The maximum atomic E-state index is 12.6. The van der Waals surface area contributed by atoms with Gasteiger partial charge in [0, 0.05) is 6.54 Å². The van der Waals surface area contributed by atoms with Crippen molar-refractivity contribution in [3.63, 3.8) is 0 Å². The Kier molecular flexibility index (Phi) is 4.81. The minimum atomic E-state index is -0.667. The van der Waals surface area contributed by atoms with Crippen molar-refractivity contribution in [1.29, 1.82) is 0 Å². The Hall–Kier alpha value is -1.55. The second-order valence-corrected chi connectivity index (χ2v) is 7.45. The fraction of sp³-hybridized carbons (Fsp3) is 0.611. The zero-order valence-corrected chi connectivity index (χ0v) is 14.2.